The van der Waals surface area contributed by atoms with Gasteiger partial charge in [0.15, 0.2) is 0 Å². The van der Waals surface area contributed by atoms with Crippen molar-refractivity contribution in [2.24, 2.45) is 5.73 Å². The maximum absolute atomic E-state index is 9.76. The van der Waals surface area contributed by atoms with Crippen LogP contribution in [0.4, 0.5) is 0 Å². The van der Waals surface area contributed by atoms with E-state index >= 15 is 0 Å². The van der Waals surface area contributed by atoms with E-state index in [1.54, 1.807) is 0 Å². The second kappa shape index (κ2) is 8.25. The first-order valence-corrected chi connectivity index (χ1v) is 2.96. The quantitative estimate of drug-likeness (QED) is 0.159. The maximum atomic E-state index is 9.76. The fourth-order valence-corrected chi connectivity index (χ4v) is 0.234. The highest BCUT2D eigenvalue weighted by atomic mass is 32.1. The zero-order valence-corrected chi connectivity index (χ0v) is 6.17. The van der Waals surface area contributed by atoms with Gasteiger partial charge in [-0.1, -0.05) is 0 Å². The molecule has 6 heteroatoms. The summed E-state index contributed by atoms with van der Waals surface area (Å²) >= 11 is 3.65. The molecule has 0 aromatic heterocycles. The number of carboxylic acids is 1. The lowest BCUT2D eigenvalue weighted by Crippen LogP contribution is -2.56. The maximum Gasteiger partial charge on any atom is 0.321 e. The highest BCUT2D eigenvalue weighted by molar-refractivity contribution is 7.80. The molecule has 0 aromatic rings. The molecule has 0 aliphatic carbocycles. The Labute approximate surface area is 63.9 Å². The van der Waals surface area contributed by atoms with Gasteiger partial charge in [0.2, 0.25) is 0 Å². The standard InChI is InChI=1S/C3H7NO2S.CH3NO/c4-2(1-7)3(5)6;1-2-3/h2,7H,1,4H2,(H,5,6);2H,1H2. The first-order valence-electron chi connectivity index (χ1n) is 2.33. The zero-order valence-electron chi connectivity index (χ0n) is 5.28. The predicted octanol–water partition coefficient (Wildman–Crippen LogP) is -2.41. The van der Waals surface area contributed by atoms with E-state index in [-0.39, 0.29) is 5.75 Å². The van der Waals surface area contributed by atoms with E-state index in [4.69, 9.17) is 16.0 Å². The minimum absolute atomic E-state index is 0.190. The van der Waals surface area contributed by atoms with Crippen LogP contribution in [0.5, 0.6) is 0 Å². The third kappa shape index (κ3) is 10.3. The van der Waals surface area contributed by atoms with Crippen molar-refractivity contribution in [1.29, 1.82) is 0 Å². The normalized spacial score (nSPS) is 10.6. The Bertz CT molecular complexity index is 109. The molecule has 0 heterocycles. The fourth-order valence-electron chi connectivity index (χ4n) is 0.0781. The highest BCUT2D eigenvalue weighted by Gasteiger charge is 2.06. The minimum atomic E-state index is -1.00. The van der Waals surface area contributed by atoms with Gasteiger partial charge in [0.05, 0.1) is 0 Å². The van der Waals surface area contributed by atoms with Crippen LogP contribution < -0.4 is 10.9 Å². The van der Waals surface area contributed by atoms with Crippen molar-refractivity contribution >= 4 is 25.3 Å². The van der Waals surface area contributed by atoms with E-state index < -0.39 is 12.0 Å². The molecule has 1 unspecified atom stereocenters. The van der Waals surface area contributed by atoms with Crippen molar-refractivity contribution in [3.05, 3.63) is 5.21 Å². The Balaban J connectivity index is 0. The number of rotatable bonds is 2. The molecular formula is C4H10N2O3S. The first-order chi connectivity index (χ1) is 4.59. The third-order valence-corrected chi connectivity index (χ3v) is 0.907. The lowest BCUT2D eigenvalue weighted by Gasteiger charge is -1.96. The van der Waals surface area contributed by atoms with Gasteiger partial charge < -0.3 is 16.0 Å². The van der Waals surface area contributed by atoms with Crippen LogP contribution in [0.1, 0.15) is 0 Å². The number of carboxylic acid groups (broad SMARTS) is 1. The number of nitrogens with one attached hydrogen (secondary N) is 1. The number of aliphatic carboxylic acids is 1. The van der Waals surface area contributed by atoms with E-state index in [1.807, 2.05) is 0 Å². The Hall–Kier alpha value is -0.750. The van der Waals surface area contributed by atoms with Gasteiger partial charge in [-0.2, -0.15) is 12.6 Å². The van der Waals surface area contributed by atoms with E-state index in [2.05, 4.69) is 19.3 Å². The summed E-state index contributed by atoms with van der Waals surface area (Å²) in [7, 11) is 0. The molecule has 0 aromatic carbocycles. The van der Waals surface area contributed by atoms with Gasteiger partial charge in [0.25, 0.3) is 0 Å². The highest BCUT2D eigenvalue weighted by Crippen LogP contribution is 1.80. The molecule has 0 fully saturated rings. The first kappa shape index (κ1) is 12.0. The van der Waals surface area contributed by atoms with E-state index in [0.29, 0.717) is 0 Å². The van der Waals surface area contributed by atoms with Crippen molar-refractivity contribution < 1.29 is 15.1 Å². The predicted molar refractivity (Wildman–Crippen MR) is 40.9 cm³/mol. The average molecular weight is 166 g/mol. The van der Waals surface area contributed by atoms with Crippen molar-refractivity contribution in [2.45, 2.75) is 6.04 Å². The van der Waals surface area contributed by atoms with Gasteiger partial charge in [-0.3, -0.25) is 4.79 Å². The number of thiol groups is 1. The van der Waals surface area contributed by atoms with E-state index in [9.17, 15) is 4.79 Å². The summed E-state index contributed by atoms with van der Waals surface area (Å²) in [6.07, 6.45) is 0. The van der Waals surface area contributed by atoms with Crippen LogP contribution in [0.15, 0.2) is 0 Å². The largest absolute Gasteiger partial charge is 0.626 e. The summed E-state index contributed by atoms with van der Waals surface area (Å²) in [6.45, 7) is 2.68. The van der Waals surface area contributed by atoms with Crippen LogP contribution in [-0.4, -0.2) is 29.6 Å². The Morgan fingerprint density at radius 2 is 2.30 bits per heavy atom. The van der Waals surface area contributed by atoms with Crippen LogP contribution >= 0.6 is 12.6 Å². The molecule has 0 saturated heterocycles. The number of hydrogen-bond acceptors (Lipinski definition) is 4. The molecule has 4 N–H and O–H groups in total. The van der Waals surface area contributed by atoms with Gasteiger partial charge in [0, 0.05) is 5.75 Å². The zero-order chi connectivity index (χ0) is 8.57. The molecule has 0 aliphatic rings. The van der Waals surface area contributed by atoms with Crippen LogP contribution in [0.2, 0.25) is 0 Å². The fraction of sp³-hybridized carbons (Fsp3) is 0.500. The van der Waals surface area contributed by atoms with Crippen molar-refractivity contribution in [1.82, 2.24) is 0 Å². The summed E-state index contributed by atoms with van der Waals surface area (Å²) in [5, 5.41) is 17.8. The molecule has 1 atom stereocenters. The van der Waals surface area contributed by atoms with E-state index in [1.165, 1.54) is 5.16 Å². The van der Waals surface area contributed by atoms with Gasteiger partial charge in [-0.05, 0) is 0 Å². The molecule has 60 valence electrons. The number of hydrogen-bond donors (Lipinski definition) is 4. The van der Waals surface area contributed by atoms with Crippen LogP contribution in [0.3, 0.4) is 0 Å². The molecular weight excluding hydrogens is 156 g/mol. The molecule has 10 heavy (non-hydrogen) atoms. The minimum Gasteiger partial charge on any atom is -0.626 e. The molecule has 0 aliphatic heterocycles. The number of carbonyl (C=O) groups is 1. The van der Waals surface area contributed by atoms with Gasteiger partial charge in [0.1, 0.15) is 12.8 Å². The van der Waals surface area contributed by atoms with Crippen LogP contribution in [0, 0.1) is 5.21 Å². The summed E-state index contributed by atoms with van der Waals surface area (Å²) in [5.41, 5.74) is 4.94. The summed E-state index contributed by atoms with van der Waals surface area (Å²) in [5.74, 6) is -0.815. The Morgan fingerprint density at radius 3 is 2.30 bits per heavy atom. The second-order valence-electron chi connectivity index (χ2n) is 1.27. The lowest BCUT2D eigenvalue weighted by molar-refractivity contribution is -0.361. The Morgan fingerprint density at radius 1 is 2.00 bits per heavy atom. The molecule has 0 rings (SSSR count). The Kier molecular flexibility index (Phi) is 9.88. The second-order valence-corrected chi connectivity index (χ2v) is 1.64. The molecule has 0 radical (unpaired) electrons. The summed E-state index contributed by atoms with van der Waals surface area (Å²) in [4.78, 5) is 9.76. The van der Waals surface area contributed by atoms with Crippen LogP contribution in [0.25, 0.3) is 0 Å². The molecule has 5 nitrogen and oxygen atoms in total. The SMILES string of the molecule is C=[NH+][O-].NC(CS)C(=O)O. The third-order valence-electron chi connectivity index (χ3n) is 0.514. The van der Waals surface area contributed by atoms with Gasteiger partial charge in [-0.25, -0.2) is 5.16 Å². The monoisotopic (exact) mass is 166 g/mol. The number of nitrogens with two attached hydrogens (primary N) is 1. The summed E-state index contributed by atoms with van der Waals surface area (Å²) < 4.78 is 0. The molecule has 0 saturated carbocycles. The van der Waals surface area contributed by atoms with Crippen molar-refractivity contribution in [3.63, 3.8) is 0 Å². The molecule has 0 spiro atoms. The van der Waals surface area contributed by atoms with Gasteiger partial charge >= 0.3 is 5.97 Å². The van der Waals surface area contributed by atoms with Crippen molar-refractivity contribution in [2.75, 3.05) is 5.75 Å². The summed E-state index contributed by atoms with van der Waals surface area (Å²) in [6, 6.07) is -0.816. The van der Waals surface area contributed by atoms with Crippen molar-refractivity contribution in [3.8, 4) is 0 Å². The molecule has 0 amide bonds. The lowest BCUT2D eigenvalue weighted by atomic mass is 10.4. The van der Waals surface area contributed by atoms with Crippen LogP contribution in [-0.2, 0) is 4.79 Å². The van der Waals surface area contributed by atoms with E-state index in [0.717, 1.165) is 0 Å². The van der Waals surface area contributed by atoms with Gasteiger partial charge in [-0.15, -0.1) is 0 Å². The average Bonchev–Trinajstić information content (AvgIpc) is 1.88. The smallest absolute Gasteiger partial charge is 0.321 e. The topological polar surface area (TPSA) is 100 Å². The molecule has 0 bridgehead atoms.